The summed E-state index contributed by atoms with van der Waals surface area (Å²) in [5, 5.41) is 16.1. The molecule has 1 saturated heterocycles. The molecule has 1 aromatic carbocycles. The molecule has 0 spiro atoms. The molecule has 0 amide bonds. The molecule has 2 aromatic heterocycles. The lowest BCUT2D eigenvalue weighted by Gasteiger charge is -2.32. The fourth-order valence-corrected chi connectivity index (χ4v) is 2.75. The van der Waals surface area contributed by atoms with Crippen LogP contribution in [0.3, 0.4) is 0 Å². The molecule has 1 fully saturated rings. The smallest absolute Gasteiger partial charge is 0.399 e. The number of fused-ring (bicyclic) bond motifs is 1. The summed E-state index contributed by atoms with van der Waals surface area (Å²) in [4.78, 5) is 0. The van der Waals surface area contributed by atoms with Gasteiger partial charge in [-0.25, -0.2) is 4.68 Å². The van der Waals surface area contributed by atoms with Gasteiger partial charge in [-0.2, -0.15) is 5.10 Å². The number of benzene rings is 1. The van der Waals surface area contributed by atoms with Crippen LogP contribution in [0.2, 0.25) is 0 Å². The third-order valence-electron chi connectivity index (χ3n) is 4.80. The minimum atomic E-state index is -0.437. The molecular formula is C15H18BN5O2. The Morgan fingerprint density at radius 2 is 1.87 bits per heavy atom. The van der Waals surface area contributed by atoms with Crippen LogP contribution in [0.25, 0.3) is 16.6 Å². The first-order valence-corrected chi connectivity index (χ1v) is 7.57. The third-order valence-corrected chi connectivity index (χ3v) is 4.80. The lowest BCUT2D eigenvalue weighted by atomic mass is 9.77. The number of rotatable bonds is 2. The van der Waals surface area contributed by atoms with Gasteiger partial charge in [-0.1, -0.05) is 11.3 Å². The fraction of sp³-hybridized carbons (Fsp3) is 0.400. The van der Waals surface area contributed by atoms with E-state index in [9.17, 15) is 0 Å². The number of H-pyrrole nitrogens is 1. The second-order valence-corrected chi connectivity index (χ2v) is 6.77. The van der Waals surface area contributed by atoms with Crippen LogP contribution in [0.1, 0.15) is 27.7 Å². The number of nitrogens with one attached hydrogen (secondary N) is 1. The normalized spacial score (nSPS) is 19.6. The lowest BCUT2D eigenvalue weighted by molar-refractivity contribution is 0.00578. The molecule has 0 unspecified atom stereocenters. The van der Waals surface area contributed by atoms with E-state index in [1.807, 2.05) is 39.8 Å². The van der Waals surface area contributed by atoms with E-state index in [1.54, 1.807) is 23.3 Å². The van der Waals surface area contributed by atoms with Crippen LogP contribution in [0.15, 0.2) is 30.7 Å². The Labute approximate surface area is 134 Å². The molecule has 3 aromatic rings. The maximum Gasteiger partial charge on any atom is 0.497 e. The van der Waals surface area contributed by atoms with Gasteiger partial charge < -0.3 is 9.31 Å². The SMILES string of the molecule is CC1(C)OB(c2ccc(-n3ccnn3)c3cn[nH]c23)OC1(C)C. The molecule has 1 N–H and O–H groups in total. The highest BCUT2D eigenvalue weighted by Gasteiger charge is 2.52. The summed E-state index contributed by atoms with van der Waals surface area (Å²) in [5.74, 6) is 0. The van der Waals surface area contributed by atoms with Crippen LogP contribution in [-0.2, 0) is 9.31 Å². The standard InChI is InChI=1S/C15H18BN5O2/c1-14(2)15(3,4)23-16(22-14)11-5-6-12(21-8-7-17-20-21)10-9-18-19-13(10)11/h5-9H,1-4H3,(H,18,19). The molecule has 0 bridgehead atoms. The van der Waals surface area contributed by atoms with Crippen LogP contribution >= 0.6 is 0 Å². The van der Waals surface area contributed by atoms with Gasteiger partial charge in [0.1, 0.15) is 0 Å². The highest BCUT2D eigenvalue weighted by molar-refractivity contribution is 6.65. The van der Waals surface area contributed by atoms with Crippen LogP contribution < -0.4 is 5.46 Å². The highest BCUT2D eigenvalue weighted by Crippen LogP contribution is 2.37. The van der Waals surface area contributed by atoms with E-state index in [0.29, 0.717) is 0 Å². The predicted octanol–water partition coefficient (Wildman–Crippen LogP) is 1.44. The second-order valence-electron chi connectivity index (χ2n) is 6.77. The Hall–Kier alpha value is -2.19. The molecule has 0 radical (unpaired) electrons. The monoisotopic (exact) mass is 311 g/mol. The zero-order valence-corrected chi connectivity index (χ0v) is 13.6. The maximum atomic E-state index is 6.15. The number of hydrogen-bond acceptors (Lipinski definition) is 5. The average Bonchev–Trinajstić information content (AvgIpc) is 3.19. The molecular weight excluding hydrogens is 293 g/mol. The molecule has 8 heteroatoms. The summed E-state index contributed by atoms with van der Waals surface area (Å²) < 4.78 is 14.0. The van der Waals surface area contributed by atoms with Crippen LogP contribution in [0.5, 0.6) is 0 Å². The Morgan fingerprint density at radius 3 is 2.52 bits per heavy atom. The van der Waals surface area contributed by atoms with Crippen molar-refractivity contribution in [3.8, 4) is 5.69 Å². The molecule has 0 saturated carbocycles. The van der Waals surface area contributed by atoms with Gasteiger partial charge in [0.2, 0.25) is 0 Å². The zero-order valence-electron chi connectivity index (χ0n) is 13.6. The highest BCUT2D eigenvalue weighted by atomic mass is 16.7. The Morgan fingerprint density at radius 1 is 1.13 bits per heavy atom. The van der Waals surface area contributed by atoms with Gasteiger partial charge in [0.05, 0.1) is 41.0 Å². The molecule has 0 atom stereocenters. The van der Waals surface area contributed by atoms with Crippen molar-refractivity contribution in [2.24, 2.45) is 0 Å². The Kier molecular flexibility index (Phi) is 2.92. The predicted molar refractivity (Wildman–Crippen MR) is 86.7 cm³/mol. The number of aromatic nitrogens is 5. The fourth-order valence-electron chi connectivity index (χ4n) is 2.75. The molecule has 1 aliphatic rings. The summed E-state index contributed by atoms with van der Waals surface area (Å²) in [5.41, 5.74) is 1.96. The van der Waals surface area contributed by atoms with E-state index in [4.69, 9.17) is 9.31 Å². The Bertz CT molecular complexity index is 840. The van der Waals surface area contributed by atoms with Gasteiger partial charge in [0.25, 0.3) is 0 Å². The van der Waals surface area contributed by atoms with Crippen molar-refractivity contribution in [2.45, 2.75) is 38.9 Å². The van der Waals surface area contributed by atoms with Crippen molar-refractivity contribution in [2.75, 3.05) is 0 Å². The topological polar surface area (TPSA) is 77.9 Å². The maximum absolute atomic E-state index is 6.15. The second kappa shape index (κ2) is 4.66. The molecule has 4 rings (SSSR count). The first kappa shape index (κ1) is 14.4. The van der Waals surface area contributed by atoms with Crippen LogP contribution in [0, 0.1) is 0 Å². The summed E-state index contributed by atoms with van der Waals surface area (Å²) in [6.45, 7) is 8.17. The van der Waals surface area contributed by atoms with E-state index >= 15 is 0 Å². The number of nitrogens with zero attached hydrogens (tertiary/aromatic N) is 4. The van der Waals surface area contributed by atoms with Gasteiger partial charge in [-0.15, -0.1) is 5.10 Å². The van der Waals surface area contributed by atoms with Crippen molar-refractivity contribution in [3.63, 3.8) is 0 Å². The van der Waals surface area contributed by atoms with E-state index in [1.165, 1.54) is 0 Å². The van der Waals surface area contributed by atoms with E-state index < -0.39 is 7.12 Å². The van der Waals surface area contributed by atoms with E-state index in [2.05, 4.69) is 20.5 Å². The summed E-state index contributed by atoms with van der Waals surface area (Å²) >= 11 is 0. The lowest BCUT2D eigenvalue weighted by Crippen LogP contribution is -2.41. The Balaban J connectivity index is 1.82. The molecule has 7 nitrogen and oxygen atoms in total. The quantitative estimate of drug-likeness (QED) is 0.725. The van der Waals surface area contributed by atoms with Gasteiger partial charge in [-0.05, 0) is 33.8 Å². The van der Waals surface area contributed by atoms with E-state index in [-0.39, 0.29) is 11.2 Å². The molecule has 1 aliphatic heterocycles. The first-order valence-electron chi connectivity index (χ1n) is 7.57. The van der Waals surface area contributed by atoms with Gasteiger partial charge in [0, 0.05) is 10.8 Å². The number of hydrogen-bond donors (Lipinski definition) is 1. The van der Waals surface area contributed by atoms with Gasteiger partial charge in [-0.3, -0.25) is 5.10 Å². The molecule has 118 valence electrons. The third kappa shape index (κ3) is 2.09. The van der Waals surface area contributed by atoms with Crippen molar-refractivity contribution in [3.05, 3.63) is 30.7 Å². The van der Waals surface area contributed by atoms with Gasteiger partial charge in [0.15, 0.2) is 0 Å². The van der Waals surface area contributed by atoms with Gasteiger partial charge >= 0.3 is 7.12 Å². The van der Waals surface area contributed by atoms with Crippen molar-refractivity contribution >= 4 is 23.5 Å². The molecule has 0 aliphatic carbocycles. The van der Waals surface area contributed by atoms with Crippen molar-refractivity contribution < 1.29 is 9.31 Å². The summed E-state index contributed by atoms with van der Waals surface area (Å²) in [7, 11) is -0.437. The van der Waals surface area contributed by atoms with E-state index in [0.717, 1.165) is 22.1 Å². The van der Waals surface area contributed by atoms with Crippen LogP contribution in [-0.4, -0.2) is 43.5 Å². The average molecular weight is 311 g/mol. The summed E-state index contributed by atoms with van der Waals surface area (Å²) in [6.07, 6.45) is 5.23. The zero-order chi connectivity index (χ0) is 16.2. The van der Waals surface area contributed by atoms with Crippen molar-refractivity contribution in [1.29, 1.82) is 0 Å². The minimum absolute atomic E-state index is 0.380. The van der Waals surface area contributed by atoms with Crippen molar-refractivity contribution in [1.82, 2.24) is 25.2 Å². The van der Waals surface area contributed by atoms with Crippen LogP contribution in [0.4, 0.5) is 0 Å². The largest absolute Gasteiger partial charge is 0.497 e. The summed E-state index contributed by atoms with van der Waals surface area (Å²) in [6, 6.07) is 3.96. The minimum Gasteiger partial charge on any atom is -0.399 e. The first-order chi connectivity index (χ1) is 10.9. The molecule has 23 heavy (non-hydrogen) atoms. The molecule has 3 heterocycles. The number of aromatic amines is 1.